The van der Waals surface area contributed by atoms with Crippen LogP contribution in [0.25, 0.3) is 0 Å². The number of ether oxygens (including phenoxy) is 2. The van der Waals surface area contributed by atoms with Crippen molar-refractivity contribution in [1.82, 2.24) is 10.2 Å². The van der Waals surface area contributed by atoms with Gasteiger partial charge in [-0.3, -0.25) is 9.59 Å². The summed E-state index contributed by atoms with van der Waals surface area (Å²) < 4.78 is 10.6. The number of hydrogen-bond donors (Lipinski definition) is 1. The highest BCUT2D eigenvalue weighted by molar-refractivity contribution is 5.88. The Morgan fingerprint density at radius 2 is 1.60 bits per heavy atom. The van der Waals surface area contributed by atoms with Crippen molar-refractivity contribution in [1.29, 1.82) is 0 Å². The fraction of sp³-hybridized carbons (Fsp3) is 0.417. The molecule has 0 aromatic heterocycles. The molecule has 0 saturated carbocycles. The maximum absolute atomic E-state index is 12.8. The van der Waals surface area contributed by atoms with Crippen molar-refractivity contribution in [3.63, 3.8) is 0 Å². The molecule has 2 rings (SSSR count). The minimum Gasteiger partial charge on any atom is -0.493 e. The Hall–Kier alpha value is -3.02. The summed E-state index contributed by atoms with van der Waals surface area (Å²) in [7, 11) is 3.19. The zero-order valence-electron chi connectivity index (χ0n) is 18.5. The van der Waals surface area contributed by atoms with Gasteiger partial charge in [0, 0.05) is 19.0 Å². The first-order chi connectivity index (χ1) is 14.4. The second-order valence-electron chi connectivity index (χ2n) is 7.51. The van der Waals surface area contributed by atoms with E-state index in [4.69, 9.17) is 9.47 Å². The molecule has 0 aliphatic carbocycles. The van der Waals surface area contributed by atoms with Gasteiger partial charge in [-0.05, 0) is 36.6 Å². The molecule has 1 atom stereocenters. The summed E-state index contributed by atoms with van der Waals surface area (Å²) in [6.45, 7) is 6.34. The van der Waals surface area contributed by atoms with Crippen LogP contribution in [0.3, 0.4) is 0 Å². The number of hydrogen-bond acceptors (Lipinski definition) is 4. The van der Waals surface area contributed by atoms with Gasteiger partial charge in [0.2, 0.25) is 11.8 Å². The van der Waals surface area contributed by atoms with Gasteiger partial charge in [-0.2, -0.15) is 0 Å². The SMILES string of the molecule is COc1ccc(CCNC(=O)[C@H](C)N(Cc2ccccc2)C(=O)C(C)C)cc1OC. The van der Waals surface area contributed by atoms with Crippen LogP contribution >= 0.6 is 0 Å². The summed E-state index contributed by atoms with van der Waals surface area (Å²) in [6, 6.07) is 14.8. The van der Waals surface area contributed by atoms with Crippen LogP contribution in [0.15, 0.2) is 48.5 Å². The zero-order valence-corrected chi connectivity index (χ0v) is 18.5. The molecule has 162 valence electrons. The van der Waals surface area contributed by atoms with Crippen LogP contribution in [0.2, 0.25) is 0 Å². The van der Waals surface area contributed by atoms with Crippen LogP contribution < -0.4 is 14.8 Å². The first kappa shape index (κ1) is 23.3. The summed E-state index contributed by atoms with van der Waals surface area (Å²) in [6.07, 6.45) is 0.648. The summed E-state index contributed by atoms with van der Waals surface area (Å²) in [5.74, 6) is 0.937. The summed E-state index contributed by atoms with van der Waals surface area (Å²) in [4.78, 5) is 27.2. The number of amides is 2. The Labute approximate surface area is 179 Å². The Bertz CT molecular complexity index is 836. The second-order valence-corrected chi connectivity index (χ2v) is 7.51. The van der Waals surface area contributed by atoms with Gasteiger partial charge in [-0.15, -0.1) is 0 Å². The molecular formula is C24H32N2O4. The van der Waals surface area contributed by atoms with E-state index in [0.29, 0.717) is 31.0 Å². The van der Waals surface area contributed by atoms with E-state index in [-0.39, 0.29) is 17.7 Å². The predicted octanol–water partition coefficient (Wildman–Crippen LogP) is 3.44. The minimum absolute atomic E-state index is 0.0404. The molecule has 0 heterocycles. The van der Waals surface area contributed by atoms with Gasteiger partial charge in [0.15, 0.2) is 11.5 Å². The quantitative estimate of drug-likeness (QED) is 0.649. The normalized spacial score (nSPS) is 11.7. The van der Waals surface area contributed by atoms with Gasteiger partial charge >= 0.3 is 0 Å². The third-order valence-electron chi connectivity index (χ3n) is 4.98. The lowest BCUT2D eigenvalue weighted by atomic mass is 10.1. The van der Waals surface area contributed by atoms with E-state index in [9.17, 15) is 9.59 Å². The Morgan fingerprint density at radius 3 is 2.20 bits per heavy atom. The summed E-state index contributed by atoms with van der Waals surface area (Å²) in [5, 5.41) is 2.95. The maximum atomic E-state index is 12.8. The molecule has 0 bridgehead atoms. The van der Waals surface area contributed by atoms with Gasteiger partial charge in [0.05, 0.1) is 14.2 Å². The zero-order chi connectivity index (χ0) is 22.1. The van der Waals surface area contributed by atoms with E-state index in [1.54, 1.807) is 26.0 Å². The Balaban J connectivity index is 2.00. The van der Waals surface area contributed by atoms with Crippen molar-refractivity contribution in [2.75, 3.05) is 20.8 Å². The maximum Gasteiger partial charge on any atom is 0.242 e. The number of benzene rings is 2. The molecule has 0 spiro atoms. The average molecular weight is 413 g/mol. The molecule has 0 aliphatic heterocycles. The summed E-state index contributed by atoms with van der Waals surface area (Å²) >= 11 is 0. The molecule has 0 saturated heterocycles. The van der Waals surface area contributed by atoms with E-state index >= 15 is 0 Å². The van der Waals surface area contributed by atoms with Gasteiger partial charge in [0.1, 0.15) is 6.04 Å². The highest BCUT2D eigenvalue weighted by atomic mass is 16.5. The monoisotopic (exact) mass is 412 g/mol. The standard InChI is InChI=1S/C24H32N2O4/c1-17(2)24(28)26(16-20-9-7-6-8-10-20)18(3)23(27)25-14-13-19-11-12-21(29-4)22(15-19)30-5/h6-12,15,17-18H,13-14,16H2,1-5H3,(H,25,27)/t18-/m0/s1. The van der Waals surface area contributed by atoms with Crippen molar-refractivity contribution in [3.8, 4) is 11.5 Å². The second kappa shape index (κ2) is 11.2. The van der Waals surface area contributed by atoms with Gasteiger partial charge in [0.25, 0.3) is 0 Å². The fourth-order valence-corrected chi connectivity index (χ4v) is 3.17. The number of nitrogens with zero attached hydrogens (tertiary/aromatic N) is 1. The number of carbonyl (C=O) groups is 2. The van der Waals surface area contributed by atoms with E-state index in [1.807, 2.05) is 62.4 Å². The van der Waals surface area contributed by atoms with Crippen LogP contribution in [-0.4, -0.2) is 43.5 Å². The third kappa shape index (κ3) is 6.24. The lowest BCUT2D eigenvalue weighted by molar-refractivity contribution is -0.143. The fourth-order valence-electron chi connectivity index (χ4n) is 3.17. The number of nitrogens with one attached hydrogen (secondary N) is 1. The van der Waals surface area contributed by atoms with Crippen LogP contribution in [0.5, 0.6) is 11.5 Å². The molecule has 0 aliphatic rings. The number of rotatable bonds is 10. The van der Waals surface area contributed by atoms with Crippen LogP contribution in [0.4, 0.5) is 0 Å². The number of methoxy groups -OCH3 is 2. The molecule has 30 heavy (non-hydrogen) atoms. The highest BCUT2D eigenvalue weighted by Gasteiger charge is 2.27. The molecule has 2 aromatic carbocycles. The Morgan fingerprint density at radius 1 is 0.933 bits per heavy atom. The Kier molecular flexibility index (Phi) is 8.71. The van der Waals surface area contributed by atoms with Crippen molar-refractivity contribution >= 4 is 11.8 Å². The number of carbonyl (C=O) groups excluding carboxylic acids is 2. The van der Waals surface area contributed by atoms with Crippen LogP contribution in [-0.2, 0) is 22.6 Å². The topological polar surface area (TPSA) is 67.9 Å². The van der Waals surface area contributed by atoms with Gasteiger partial charge in [-0.25, -0.2) is 0 Å². The first-order valence-electron chi connectivity index (χ1n) is 10.2. The molecule has 0 unspecified atom stereocenters. The van der Waals surface area contributed by atoms with E-state index in [1.165, 1.54) is 0 Å². The largest absolute Gasteiger partial charge is 0.493 e. The van der Waals surface area contributed by atoms with E-state index < -0.39 is 6.04 Å². The smallest absolute Gasteiger partial charge is 0.242 e. The van der Waals surface area contributed by atoms with Gasteiger partial charge in [-0.1, -0.05) is 50.2 Å². The van der Waals surface area contributed by atoms with Crippen LogP contribution in [0, 0.1) is 5.92 Å². The third-order valence-corrected chi connectivity index (χ3v) is 4.98. The van der Waals surface area contributed by atoms with E-state index in [2.05, 4.69) is 5.32 Å². The highest BCUT2D eigenvalue weighted by Crippen LogP contribution is 2.27. The molecule has 6 heteroatoms. The first-order valence-corrected chi connectivity index (χ1v) is 10.2. The molecule has 0 fully saturated rings. The van der Waals surface area contributed by atoms with Crippen LogP contribution in [0.1, 0.15) is 31.9 Å². The van der Waals surface area contributed by atoms with Crippen molar-refractivity contribution in [3.05, 3.63) is 59.7 Å². The molecule has 1 N–H and O–H groups in total. The molecular weight excluding hydrogens is 380 g/mol. The predicted molar refractivity (Wildman–Crippen MR) is 118 cm³/mol. The summed E-state index contributed by atoms with van der Waals surface area (Å²) in [5.41, 5.74) is 2.02. The minimum atomic E-state index is -0.564. The average Bonchev–Trinajstić information content (AvgIpc) is 2.76. The molecule has 2 aromatic rings. The molecule has 6 nitrogen and oxygen atoms in total. The molecule has 0 radical (unpaired) electrons. The van der Waals surface area contributed by atoms with Crippen molar-refractivity contribution in [2.24, 2.45) is 5.92 Å². The van der Waals surface area contributed by atoms with E-state index in [0.717, 1.165) is 11.1 Å². The van der Waals surface area contributed by atoms with Gasteiger partial charge < -0.3 is 19.7 Å². The lowest BCUT2D eigenvalue weighted by Gasteiger charge is -2.30. The lowest BCUT2D eigenvalue weighted by Crippen LogP contribution is -2.49. The van der Waals surface area contributed by atoms with Crippen molar-refractivity contribution in [2.45, 2.75) is 39.8 Å². The molecule has 2 amide bonds. The van der Waals surface area contributed by atoms with Crippen molar-refractivity contribution < 1.29 is 19.1 Å².